The standard InChI is InChI=1S/C22H24N4O3/c1-14(2)29-17-8-6-16(7-9-17)23-22(27)18-10-12-21(26-25-18)24-19-13-15(3)5-11-20(19)28-4/h5-14H,1-4H3,(H,23,27)(H,24,26). The van der Waals surface area contributed by atoms with Gasteiger partial charge in [0.2, 0.25) is 0 Å². The third-order valence-corrected chi connectivity index (χ3v) is 4.00. The molecule has 1 aromatic heterocycles. The molecule has 0 bridgehead atoms. The number of nitrogens with one attached hydrogen (secondary N) is 2. The fourth-order valence-electron chi connectivity index (χ4n) is 2.66. The van der Waals surface area contributed by atoms with Crippen LogP contribution in [0, 0.1) is 6.92 Å². The van der Waals surface area contributed by atoms with Gasteiger partial charge in [-0.15, -0.1) is 10.2 Å². The van der Waals surface area contributed by atoms with Gasteiger partial charge in [0.05, 0.1) is 18.9 Å². The normalized spacial score (nSPS) is 10.5. The van der Waals surface area contributed by atoms with E-state index in [9.17, 15) is 4.79 Å². The van der Waals surface area contributed by atoms with E-state index in [1.807, 2.05) is 51.1 Å². The number of methoxy groups -OCH3 is 1. The van der Waals surface area contributed by atoms with Crippen molar-refractivity contribution in [2.75, 3.05) is 17.7 Å². The van der Waals surface area contributed by atoms with Crippen LogP contribution in [0.4, 0.5) is 17.2 Å². The van der Waals surface area contributed by atoms with Crippen LogP contribution in [0.5, 0.6) is 11.5 Å². The maximum Gasteiger partial charge on any atom is 0.276 e. The zero-order chi connectivity index (χ0) is 20.8. The van der Waals surface area contributed by atoms with E-state index in [0.29, 0.717) is 17.3 Å². The molecule has 0 spiro atoms. The summed E-state index contributed by atoms with van der Waals surface area (Å²) < 4.78 is 10.9. The number of hydrogen-bond acceptors (Lipinski definition) is 6. The summed E-state index contributed by atoms with van der Waals surface area (Å²) in [6.45, 7) is 5.91. The number of carbonyl (C=O) groups excluding carboxylic acids is 1. The molecule has 29 heavy (non-hydrogen) atoms. The summed E-state index contributed by atoms with van der Waals surface area (Å²) in [6.07, 6.45) is 0.0950. The monoisotopic (exact) mass is 392 g/mol. The number of amides is 1. The van der Waals surface area contributed by atoms with Crippen molar-refractivity contribution < 1.29 is 14.3 Å². The molecule has 2 N–H and O–H groups in total. The maximum absolute atomic E-state index is 12.4. The van der Waals surface area contributed by atoms with Gasteiger partial charge in [-0.3, -0.25) is 4.79 Å². The number of nitrogens with zero attached hydrogens (tertiary/aromatic N) is 2. The largest absolute Gasteiger partial charge is 0.495 e. The third kappa shape index (κ3) is 5.44. The molecule has 7 nitrogen and oxygen atoms in total. The highest BCUT2D eigenvalue weighted by molar-refractivity contribution is 6.02. The number of aromatic nitrogens is 2. The predicted molar refractivity (Wildman–Crippen MR) is 113 cm³/mol. The zero-order valence-corrected chi connectivity index (χ0v) is 16.9. The van der Waals surface area contributed by atoms with E-state index < -0.39 is 0 Å². The summed E-state index contributed by atoms with van der Waals surface area (Å²) in [6, 6.07) is 16.3. The summed E-state index contributed by atoms with van der Waals surface area (Å²) >= 11 is 0. The molecule has 3 rings (SSSR count). The van der Waals surface area contributed by atoms with Crippen molar-refractivity contribution in [1.82, 2.24) is 10.2 Å². The summed E-state index contributed by atoms with van der Waals surface area (Å²) in [5, 5.41) is 14.1. The van der Waals surface area contributed by atoms with Crippen molar-refractivity contribution in [3.63, 3.8) is 0 Å². The van der Waals surface area contributed by atoms with Gasteiger partial charge in [-0.25, -0.2) is 0 Å². The Balaban J connectivity index is 1.65. The van der Waals surface area contributed by atoms with Crippen molar-refractivity contribution in [2.24, 2.45) is 0 Å². The molecule has 1 heterocycles. The molecule has 0 saturated heterocycles. The van der Waals surface area contributed by atoms with Gasteiger partial charge in [-0.1, -0.05) is 6.07 Å². The molecule has 0 aliphatic heterocycles. The summed E-state index contributed by atoms with van der Waals surface area (Å²) in [4.78, 5) is 12.4. The average Bonchev–Trinajstić information content (AvgIpc) is 2.70. The average molecular weight is 392 g/mol. The Bertz CT molecular complexity index is 970. The maximum atomic E-state index is 12.4. The number of hydrogen-bond donors (Lipinski definition) is 2. The molecule has 0 unspecified atom stereocenters. The second-order valence-electron chi connectivity index (χ2n) is 6.78. The molecule has 0 aliphatic carbocycles. The van der Waals surface area contributed by atoms with Gasteiger partial charge in [-0.05, 0) is 74.9 Å². The predicted octanol–water partition coefficient (Wildman–Crippen LogP) is 4.58. The Hall–Kier alpha value is -3.61. The minimum atomic E-state index is -0.338. The van der Waals surface area contributed by atoms with Gasteiger partial charge in [0, 0.05) is 5.69 Å². The van der Waals surface area contributed by atoms with Crippen LogP contribution in [0.1, 0.15) is 29.9 Å². The fraction of sp³-hybridized carbons (Fsp3) is 0.227. The van der Waals surface area contributed by atoms with Crippen molar-refractivity contribution >= 4 is 23.1 Å². The first-order valence-corrected chi connectivity index (χ1v) is 9.28. The molecule has 2 aromatic carbocycles. The van der Waals surface area contributed by atoms with E-state index in [1.165, 1.54) is 0 Å². The minimum absolute atomic E-state index is 0.0950. The van der Waals surface area contributed by atoms with Crippen LogP contribution in [-0.2, 0) is 0 Å². The first-order chi connectivity index (χ1) is 13.9. The smallest absolute Gasteiger partial charge is 0.276 e. The molecular formula is C22H24N4O3. The summed E-state index contributed by atoms with van der Waals surface area (Å²) in [5.41, 5.74) is 2.73. The van der Waals surface area contributed by atoms with Crippen LogP contribution in [0.15, 0.2) is 54.6 Å². The number of anilines is 3. The minimum Gasteiger partial charge on any atom is -0.495 e. The molecular weight excluding hydrogens is 368 g/mol. The van der Waals surface area contributed by atoms with E-state index in [-0.39, 0.29) is 17.7 Å². The highest BCUT2D eigenvalue weighted by Gasteiger charge is 2.10. The molecule has 150 valence electrons. The van der Waals surface area contributed by atoms with E-state index in [2.05, 4.69) is 20.8 Å². The Morgan fingerprint density at radius 2 is 1.76 bits per heavy atom. The number of carbonyl (C=O) groups is 1. The van der Waals surface area contributed by atoms with E-state index in [4.69, 9.17) is 9.47 Å². The lowest BCUT2D eigenvalue weighted by Gasteiger charge is -2.11. The Kier molecular flexibility index (Phi) is 6.29. The number of aryl methyl sites for hydroxylation is 1. The van der Waals surface area contributed by atoms with E-state index in [0.717, 1.165) is 17.0 Å². The number of benzene rings is 2. The lowest BCUT2D eigenvalue weighted by molar-refractivity contribution is 0.102. The van der Waals surface area contributed by atoms with Crippen LogP contribution in [0.25, 0.3) is 0 Å². The van der Waals surface area contributed by atoms with E-state index >= 15 is 0 Å². The van der Waals surface area contributed by atoms with Gasteiger partial charge >= 0.3 is 0 Å². The highest BCUT2D eigenvalue weighted by atomic mass is 16.5. The van der Waals surface area contributed by atoms with Crippen LogP contribution in [0.3, 0.4) is 0 Å². The van der Waals surface area contributed by atoms with Crippen LogP contribution in [-0.4, -0.2) is 29.3 Å². The van der Waals surface area contributed by atoms with Gasteiger partial charge in [0.15, 0.2) is 11.5 Å². The topological polar surface area (TPSA) is 85.4 Å². The Labute approximate surface area is 170 Å². The highest BCUT2D eigenvalue weighted by Crippen LogP contribution is 2.27. The van der Waals surface area contributed by atoms with Gasteiger partial charge in [-0.2, -0.15) is 0 Å². The van der Waals surface area contributed by atoms with Crippen molar-refractivity contribution in [3.8, 4) is 11.5 Å². The van der Waals surface area contributed by atoms with Gasteiger partial charge < -0.3 is 20.1 Å². The van der Waals surface area contributed by atoms with Crippen LogP contribution >= 0.6 is 0 Å². The van der Waals surface area contributed by atoms with Gasteiger partial charge in [0.1, 0.15) is 11.5 Å². The van der Waals surface area contributed by atoms with Crippen molar-refractivity contribution in [2.45, 2.75) is 26.9 Å². The van der Waals surface area contributed by atoms with Gasteiger partial charge in [0.25, 0.3) is 5.91 Å². The molecule has 3 aromatic rings. The number of rotatable bonds is 7. The molecule has 0 saturated carbocycles. The molecule has 0 radical (unpaired) electrons. The first-order valence-electron chi connectivity index (χ1n) is 9.28. The molecule has 0 atom stereocenters. The summed E-state index contributed by atoms with van der Waals surface area (Å²) in [5.74, 6) is 1.62. The fourth-order valence-corrected chi connectivity index (χ4v) is 2.66. The third-order valence-electron chi connectivity index (χ3n) is 4.00. The first kappa shape index (κ1) is 20.1. The lowest BCUT2D eigenvalue weighted by Crippen LogP contribution is -2.14. The molecule has 1 amide bonds. The quantitative estimate of drug-likeness (QED) is 0.612. The molecule has 0 fully saturated rings. The SMILES string of the molecule is COc1ccc(C)cc1Nc1ccc(C(=O)Nc2ccc(OC(C)C)cc2)nn1. The second kappa shape index (κ2) is 9.05. The van der Waals surface area contributed by atoms with Crippen LogP contribution in [0.2, 0.25) is 0 Å². The zero-order valence-electron chi connectivity index (χ0n) is 16.9. The lowest BCUT2D eigenvalue weighted by atomic mass is 10.2. The Morgan fingerprint density at radius 1 is 1.00 bits per heavy atom. The second-order valence-corrected chi connectivity index (χ2v) is 6.78. The molecule has 7 heteroatoms. The van der Waals surface area contributed by atoms with Crippen molar-refractivity contribution in [3.05, 3.63) is 65.9 Å². The van der Waals surface area contributed by atoms with Crippen molar-refractivity contribution in [1.29, 1.82) is 0 Å². The van der Waals surface area contributed by atoms with E-state index in [1.54, 1.807) is 31.4 Å². The summed E-state index contributed by atoms with van der Waals surface area (Å²) in [7, 11) is 1.61. The molecule has 0 aliphatic rings. The number of ether oxygens (including phenoxy) is 2. The van der Waals surface area contributed by atoms with Crippen LogP contribution < -0.4 is 20.1 Å². The Morgan fingerprint density at radius 3 is 2.38 bits per heavy atom.